The Bertz CT molecular complexity index is 1420. The quantitative estimate of drug-likeness (QED) is 0.152. The van der Waals surface area contributed by atoms with Crippen LogP contribution >= 0.6 is 0 Å². The second-order valence-corrected chi connectivity index (χ2v) is 9.92. The average Bonchev–Trinajstić information content (AvgIpc) is 2.99. The molecule has 0 amide bonds. The smallest absolute Gasteiger partial charge is 0.345 e. The molecule has 0 radical (unpaired) electrons. The molecule has 1 aliphatic carbocycles. The van der Waals surface area contributed by atoms with Crippen molar-refractivity contribution in [1.29, 1.82) is 0 Å². The van der Waals surface area contributed by atoms with Crippen molar-refractivity contribution in [2.75, 3.05) is 0 Å². The summed E-state index contributed by atoms with van der Waals surface area (Å²) in [5.41, 5.74) is 1.91. The molecule has 1 aliphatic rings. The molecule has 4 rings (SSSR count). The van der Waals surface area contributed by atoms with Gasteiger partial charge in [-0.05, 0) is 92.3 Å². The van der Waals surface area contributed by atoms with Crippen molar-refractivity contribution >= 4 is 23.9 Å². The van der Waals surface area contributed by atoms with Gasteiger partial charge in [0.25, 0.3) is 0 Å². The summed E-state index contributed by atoms with van der Waals surface area (Å²) in [6.07, 6.45) is 2.81. The molecule has 0 N–H and O–H groups in total. The number of halogens is 1. The Morgan fingerprint density at radius 1 is 0.762 bits per heavy atom. The van der Waals surface area contributed by atoms with Crippen molar-refractivity contribution in [3.05, 3.63) is 90.5 Å². The van der Waals surface area contributed by atoms with Crippen LogP contribution in [0.2, 0.25) is 0 Å². The first-order chi connectivity index (χ1) is 20.2. The van der Waals surface area contributed by atoms with E-state index in [2.05, 4.69) is 6.58 Å². The number of hydrogen-bond donors (Lipinski definition) is 0. The molecular weight excluding hydrogens is 543 g/mol. The van der Waals surface area contributed by atoms with Crippen LogP contribution in [0, 0.1) is 0 Å². The standard InChI is InChI=1S/C33H31FO8/c1-21(20-30(35)39-26-6-4-3-5-7-26)31(36)40-28-16-18-29(19-17-28)42-33(38)25-10-8-23(9-11-25)24-12-14-27(15-13-24)41-32(37)22(2)34/h8-19,22,26H,1,3-7,20H2,2H3. The van der Waals surface area contributed by atoms with Crippen LogP contribution in [-0.4, -0.2) is 36.2 Å². The first-order valence-electron chi connectivity index (χ1n) is 13.7. The van der Waals surface area contributed by atoms with Crippen LogP contribution in [0.4, 0.5) is 4.39 Å². The molecule has 218 valence electrons. The van der Waals surface area contributed by atoms with Crippen LogP contribution in [0.25, 0.3) is 11.1 Å². The van der Waals surface area contributed by atoms with Crippen LogP contribution in [0.3, 0.4) is 0 Å². The summed E-state index contributed by atoms with van der Waals surface area (Å²) in [6, 6.07) is 19.1. The third kappa shape index (κ3) is 8.60. The molecule has 0 heterocycles. The van der Waals surface area contributed by atoms with E-state index < -0.39 is 30.0 Å². The molecule has 0 spiro atoms. The molecule has 1 unspecified atom stereocenters. The zero-order valence-electron chi connectivity index (χ0n) is 23.2. The van der Waals surface area contributed by atoms with Crippen molar-refractivity contribution in [3.63, 3.8) is 0 Å². The SMILES string of the molecule is C=C(CC(=O)OC1CCCCC1)C(=O)Oc1ccc(OC(=O)c2ccc(-c3ccc(OC(=O)C(C)F)cc3)cc2)cc1. The van der Waals surface area contributed by atoms with Gasteiger partial charge in [-0.25, -0.2) is 18.8 Å². The van der Waals surface area contributed by atoms with Crippen molar-refractivity contribution in [1.82, 2.24) is 0 Å². The predicted molar refractivity (Wildman–Crippen MR) is 152 cm³/mol. The summed E-state index contributed by atoms with van der Waals surface area (Å²) in [5, 5.41) is 0. The Morgan fingerprint density at radius 3 is 1.83 bits per heavy atom. The van der Waals surface area contributed by atoms with Gasteiger partial charge in [0.05, 0.1) is 12.0 Å². The molecule has 0 saturated heterocycles. The minimum Gasteiger partial charge on any atom is -0.462 e. The Kier molecular flexibility index (Phi) is 10.2. The second-order valence-electron chi connectivity index (χ2n) is 9.92. The molecule has 1 atom stereocenters. The van der Waals surface area contributed by atoms with Gasteiger partial charge >= 0.3 is 23.9 Å². The summed E-state index contributed by atoms with van der Waals surface area (Å²) in [6.45, 7) is 4.75. The number of ether oxygens (including phenoxy) is 4. The lowest BCUT2D eigenvalue weighted by molar-refractivity contribution is -0.150. The van der Waals surface area contributed by atoms with E-state index in [0.717, 1.165) is 50.2 Å². The average molecular weight is 575 g/mol. The summed E-state index contributed by atoms with van der Waals surface area (Å²) in [5.74, 6) is -2.12. The lowest BCUT2D eigenvalue weighted by atomic mass is 9.98. The van der Waals surface area contributed by atoms with Gasteiger partial charge in [-0.15, -0.1) is 0 Å². The van der Waals surface area contributed by atoms with E-state index in [-0.39, 0.29) is 35.3 Å². The molecule has 42 heavy (non-hydrogen) atoms. The molecule has 0 aromatic heterocycles. The van der Waals surface area contributed by atoms with Crippen molar-refractivity contribution < 1.29 is 42.5 Å². The number of carbonyl (C=O) groups is 4. The number of benzene rings is 3. The van der Waals surface area contributed by atoms with Gasteiger partial charge in [0.15, 0.2) is 6.17 Å². The van der Waals surface area contributed by atoms with Crippen molar-refractivity contribution in [2.24, 2.45) is 0 Å². The Morgan fingerprint density at radius 2 is 1.26 bits per heavy atom. The third-order valence-corrected chi connectivity index (χ3v) is 6.59. The Balaban J connectivity index is 1.26. The summed E-state index contributed by atoms with van der Waals surface area (Å²) >= 11 is 0. The van der Waals surface area contributed by atoms with Crippen LogP contribution in [-0.2, 0) is 19.1 Å². The molecular formula is C33H31FO8. The minimum absolute atomic E-state index is 0.0134. The molecule has 9 heteroatoms. The Hall–Kier alpha value is -4.79. The number of esters is 4. The molecule has 1 fully saturated rings. The fourth-order valence-corrected chi connectivity index (χ4v) is 4.29. The van der Waals surface area contributed by atoms with E-state index in [9.17, 15) is 23.6 Å². The number of hydrogen-bond acceptors (Lipinski definition) is 8. The second kappa shape index (κ2) is 14.2. The maximum atomic E-state index is 13.0. The molecule has 3 aromatic rings. The van der Waals surface area contributed by atoms with E-state index in [0.29, 0.717) is 5.56 Å². The zero-order chi connectivity index (χ0) is 30.1. The largest absolute Gasteiger partial charge is 0.462 e. The van der Waals surface area contributed by atoms with E-state index >= 15 is 0 Å². The van der Waals surface area contributed by atoms with Gasteiger partial charge in [0.1, 0.15) is 23.4 Å². The fourth-order valence-electron chi connectivity index (χ4n) is 4.29. The maximum absolute atomic E-state index is 13.0. The van der Waals surface area contributed by atoms with Gasteiger partial charge in [-0.2, -0.15) is 0 Å². The lowest BCUT2D eigenvalue weighted by Crippen LogP contribution is -2.22. The van der Waals surface area contributed by atoms with Gasteiger partial charge in [0, 0.05) is 5.57 Å². The molecule has 0 aliphatic heterocycles. The highest BCUT2D eigenvalue weighted by Gasteiger charge is 2.21. The fraction of sp³-hybridized carbons (Fsp3) is 0.273. The van der Waals surface area contributed by atoms with E-state index in [1.807, 2.05) is 0 Å². The summed E-state index contributed by atoms with van der Waals surface area (Å²) in [4.78, 5) is 48.5. The van der Waals surface area contributed by atoms with Crippen molar-refractivity contribution in [3.8, 4) is 28.4 Å². The van der Waals surface area contributed by atoms with Crippen LogP contribution in [0.15, 0.2) is 84.9 Å². The highest BCUT2D eigenvalue weighted by atomic mass is 19.1. The van der Waals surface area contributed by atoms with Gasteiger partial charge in [-0.3, -0.25) is 4.79 Å². The summed E-state index contributed by atoms with van der Waals surface area (Å²) < 4.78 is 34.0. The Labute approximate surface area is 243 Å². The predicted octanol–water partition coefficient (Wildman–Crippen LogP) is 6.56. The molecule has 8 nitrogen and oxygen atoms in total. The van der Waals surface area contributed by atoms with E-state index in [1.54, 1.807) is 48.5 Å². The first kappa shape index (κ1) is 30.2. The molecule has 0 bridgehead atoms. The van der Waals surface area contributed by atoms with Gasteiger partial charge < -0.3 is 18.9 Å². The molecule has 3 aromatic carbocycles. The monoisotopic (exact) mass is 574 g/mol. The highest BCUT2D eigenvalue weighted by Crippen LogP contribution is 2.25. The third-order valence-electron chi connectivity index (χ3n) is 6.59. The van der Waals surface area contributed by atoms with Gasteiger partial charge in [-0.1, -0.05) is 37.3 Å². The summed E-state index contributed by atoms with van der Waals surface area (Å²) in [7, 11) is 0. The first-order valence-corrected chi connectivity index (χ1v) is 13.7. The number of rotatable bonds is 10. The minimum atomic E-state index is -1.72. The number of carbonyl (C=O) groups excluding carboxylic acids is 4. The normalized spacial score (nSPS) is 13.9. The van der Waals surface area contributed by atoms with Crippen LogP contribution in [0.5, 0.6) is 17.2 Å². The van der Waals surface area contributed by atoms with E-state index in [4.69, 9.17) is 18.9 Å². The van der Waals surface area contributed by atoms with Crippen molar-refractivity contribution in [2.45, 2.75) is 57.7 Å². The zero-order valence-corrected chi connectivity index (χ0v) is 23.2. The topological polar surface area (TPSA) is 105 Å². The van der Waals surface area contributed by atoms with E-state index in [1.165, 1.54) is 24.3 Å². The van der Waals surface area contributed by atoms with Gasteiger partial charge in [0.2, 0.25) is 0 Å². The van der Waals surface area contributed by atoms with Crippen LogP contribution < -0.4 is 14.2 Å². The lowest BCUT2D eigenvalue weighted by Gasteiger charge is -2.21. The molecule has 1 saturated carbocycles. The maximum Gasteiger partial charge on any atom is 0.345 e. The number of alkyl halides is 1. The highest BCUT2D eigenvalue weighted by molar-refractivity contribution is 5.94. The van der Waals surface area contributed by atoms with Crippen LogP contribution in [0.1, 0.15) is 55.8 Å².